The molecule has 0 radical (unpaired) electrons. The lowest BCUT2D eigenvalue weighted by molar-refractivity contribution is 0.0564. The zero-order valence-corrected chi connectivity index (χ0v) is 10.5. The van der Waals surface area contributed by atoms with Gasteiger partial charge in [-0.15, -0.1) is 0 Å². The molecular formula is C11H18N4O3. The average Bonchev–Trinajstić information content (AvgIpc) is 2.85. The van der Waals surface area contributed by atoms with Crippen LogP contribution in [0.2, 0.25) is 0 Å². The van der Waals surface area contributed by atoms with Crippen molar-refractivity contribution in [2.75, 3.05) is 45.3 Å². The third kappa shape index (κ3) is 3.44. The smallest absolute Gasteiger partial charge is 0.322 e. The van der Waals surface area contributed by atoms with Gasteiger partial charge in [-0.2, -0.15) is 5.10 Å². The lowest BCUT2D eigenvalue weighted by Crippen LogP contribution is -2.43. The van der Waals surface area contributed by atoms with Gasteiger partial charge in [0.25, 0.3) is 0 Å². The topological polar surface area (TPSA) is 68.6 Å². The van der Waals surface area contributed by atoms with Gasteiger partial charge in [-0.1, -0.05) is 0 Å². The van der Waals surface area contributed by atoms with Crippen LogP contribution in [0.4, 0.5) is 10.5 Å². The molecule has 0 aliphatic carbocycles. The molecule has 1 N–H and O–H groups in total. The second-order valence-corrected chi connectivity index (χ2v) is 4.01. The van der Waals surface area contributed by atoms with Crippen molar-refractivity contribution in [3.63, 3.8) is 0 Å². The van der Waals surface area contributed by atoms with Crippen LogP contribution in [0.3, 0.4) is 0 Å². The number of methoxy groups -OCH3 is 1. The van der Waals surface area contributed by atoms with Crippen molar-refractivity contribution < 1.29 is 14.3 Å². The van der Waals surface area contributed by atoms with Crippen LogP contribution in [0.5, 0.6) is 0 Å². The summed E-state index contributed by atoms with van der Waals surface area (Å²) >= 11 is 0. The summed E-state index contributed by atoms with van der Waals surface area (Å²) in [4.78, 5) is 13.6. The van der Waals surface area contributed by atoms with E-state index in [0.29, 0.717) is 45.1 Å². The van der Waals surface area contributed by atoms with Gasteiger partial charge < -0.3 is 19.7 Å². The first-order valence-electron chi connectivity index (χ1n) is 5.94. The highest BCUT2D eigenvalue weighted by molar-refractivity contribution is 5.89. The molecule has 1 aliphatic rings. The number of ether oxygens (including phenoxy) is 2. The Hall–Kier alpha value is -1.60. The van der Waals surface area contributed by atoms with Gasteiger partial charge in [0, 0.05) is 26.4 Å². The fourth-order valence-corrected chi connectivity index (χ4v) is 1.70. The fourth-order valence-electron chi connectivity index (χ4n) is 1.70. The second kappa shape index (κ2) is 6.36. The molecule has 7 nitrogen and oxygen atoms in total. The summed E-state index contributed by atoms with van der Waals surface area (Å²) < 4.78 is 11.9. The summed E-state index contributed by atoms with van der Waals surface area (Å²) in [6.45, 7) is 3.72. The Morgan fingerprint density at radius 1 is 1.56 bits per heavy atom. The van der Waals surface area contributed by atoms with Gasteiger partial charge in [0.15, 0.2) is 0 Å². The molecule has 0 bridgehead atoms. The van der Waals surface area contributed by atoms with Crippen LogP contribution in [0.15, 0.2) is 12.4 Å². The largest absolute Gasteiger partial charge is 0.383 e. The molecular weight excluding hydrogens is 236 g/mol. The number of amides is 2. The first-order valence-corrected chi connectivity index (χ1v) is 5.94. The molecule has 0 spiro atoms. The van der Waals surface area contributed by atoms with Crippen molar-refractivity contribution in [3.8, 4) is 0 Å². The van der Waals surface area contributed by atoms with Crippen LogP contribution in [0.25, 0.3) is 0 Å². The lowest BCUT2D eigenvalue weighted by Gasteiger charge is -2.26. The molecule has 18 heavy (non-hydrogen) atoms. The zero-order chi connectivity index (χ0) is 12.8. The van der Waals surface area contributed by atoms with E-state index in [4.69, 9.17) is 9.47 Å². The van der Waals surface area contributed by atoms with Crippen LogP contribution in [0, 0.1) is 0 Å². The van der Waals surface area contributed by atoms with Crippen molar-refractivity contribution in [1.29, 1.82) is 0 Å². The molecule has 0 atom stereocenters. The number of nitrogens with zero attached hydrogens (tertiary/aromatic N) is 3. The monoisotopic (exact) mass is 254 g/mol. The molecule has 0 saturated carbocycles. The van der Waals surface area contributed by atoms with Gasteiger partial charge in [-0.3, -0.25) is 4.68 Å². The molecule has 7 heteroatoms. The van der Waals surface area contributed by atoms with Crippen molar-refractivity contribution in [3.05, 3.63) is 12.4 Å². The maximum Gasteiger partial charge on any atom is 0.322 e. The average molecular weight is 254 g/mol. The number of hydrogen-bond donors (Lipinski definition) is 1. The summed E-state index contributed by atoms with van der Waals surface area (Å²) in [5, 5.41) is 6.95. The summed E-state index contributed by atoms with van der Waals surface area (Å²) in [7, 11) is 1.64. The number of urea groups is 1. The first kappa shape index (κ1) is 12.8. The number of aromatic nitrogens is 2. The first-order chi connectivity index (χ1) is 8.79. The number of rotatable bonds is 4. The molecule has 1 fully saturated rings. The van der Waals surface area contributed by atoms with Crippen molar-refractivity contribution in [1.82, 2.24) is 14.7 Å². The van der Waals surface area contributed by atoms with Crippen LogP contribution < -0.4 is 5.32 Å². The molecule has 1 aromatic rings. The number of hydrogen-bond acceptors (Lipinski definition) is 4. The zero-order valence-electron chi connectivity index (χ0n) is 10.5. The molecule has 2 amide bonds. The van der Waals surface area contributed by atoms with Gasteiger partial charge in [-0.25, -0.2) is 4.79 Å². The van der Waals surface area contributed by atoms with Gasteiger partial charge >= 0.3 is 6.03 Å². The van der Waals surface area contributed by atoms with Gasteiger partial charge in [0.1, 0.15) is 0 Å². The van der Waals surface area contributed by atoms with Crippen molar-refractivity contribution >= 4 is 11.7 Å². The molecule has 0 aromatic carbocycles. The molecule has 2 rings (SSSR count). The highest BCUT2D eigenvalue weighted by atomic mass is 16.5. The Bertz CT molecular complexity index is 387. The number of nitrogens with one attached hydrogen (secondary N) is 1. The van der Waals surface area contributed by atoms with E-state index < -0.39 is 0 Å². The quantitative estimate of drug-likeness (QED) is 0.844. The second-order valence-electron chi connectivity index (χ2n) is 4.01. The third-order valence-electron chi connectivity index (χ3n) is 2.71. The molecule has 100 valence electrons. The minimum Gasteiger partial charge on any atom is -0.383 e. The normalized spacial score (nSPS) is 15.7. The summed E-state index contributed by atoms with van der Waals surface area (Å²) in [5.41, 5.74) is 0.697. The van der Waals surface area contributed by atoms with Crippen molar-refractivity contribution in [2.24, 2.45) is 0 Å². The Kier molecular flexibility index (Phi) is 4.54. The highest BCUT2D eigenvalue weighted by Crippen LogP contribution is 2.07. The van der Waals surface area contributed by atoms with Crippen LogP contribution in [-0.4, -0.2) is 60.7 Å². The van der Waals surface area contributed by atoms with Crippen LogP contribution in [-0.2, 0) is 16.0 Å². The van der Waals surface area contributed by atoms with E-state index in [1.165, 1.54) is 0 Å². The van der Waals surface area contributed by atoms with E-state index in [-0.39, 0.29) is 6.03 Å². The van der Waals surface area contributed by atoms with Crippen LogP contribution in [0.1, 0.15) is 0 Å². The van der Waals surface area contributed by atoms with E-state index in [9.17, 15) is 4.79 Å². The standard InChI is InChI=1S/C11H18N4O3/c1-17-5-4-15-9-10(8-12-15)13-11(16)14-2-6-18-7-3-14/h8-9H,2-7H2,1H3,(H,13,16). The Morgan fingerprint density at radius 2 is 2.33 bits per heavy atom. The number of morpholine rings is 1. The van der Waals surface area contributed by atoms with E-state index in [1.807, 2.05) is 0 Å². The van der Waals surface area contributed by atoms with E-state index >= 15 is 0 Å². The summed E-state index contributed by atoms with van der Waals surface area (Å²) in [6.07, 6.45) is 3.42. The molecule has 0 unspecified atom stereocenters. The Balaban J connectivity index is 1.84. The van der Waals surface area contributed by atoms with Gasteiger partial charge in [0.05, 0.1) is 38.2 Å². The molecule has 1 aromatic heterocycles. The SMILES string of the molecule is COCCn1cc(NC(=O)N2CCOCC2)cn1. The van der Waals surface area contributed by atoms with E-state index in [2.05, 4.69) is 10.4 Å². The third-order valence-corrected chi connectivity index (χ3v) is 2.71. The lowest BCUT2D eigenvalue weighted by atomic mass is 10.4. The van der Waals surface area contributed by atoms with Gasteiger partial charge in [-0.05, 0) is 0 Å². The Morgan fingerprint density at radius 3 is 3.06 bits per heavy atom. The maximum absolute atomic E-state index is 11.9. The molecule has 1 aliphatic heterocycles. The van der Waals surface area contributed by atoms with Gasteiger partial charge in [0.2, 0.25) is 0 Å². The number of carbonyl (C=O) groups is 1. The summed E-state index contributed by atoms with van der Waals surface area (Å²) in [5.74, 6) is 0. The predicted molar refractivity (Wildman–Crippen MR) is 65.5 cm³/mol. The van der Waals surface area contributed by atoms with Crippen LogP contribution >= 0.6 is 0 Å². The van der Waals surface area contributed by atoms with Crippen molar-refractivity contribution in [2.45, 2.75) is 6.54 Å². The fraction of sp³-hybridized carbons (Fsp3) is 0.636. The summed E-state index contributed by atoms with van der Waals surface area (Å²) in [6, 6.07) is -0.107. The minimum atomic E-state index is -0.107. The molecule has 2 heterocycles. The molecule has 1 saturated heterocycles. The van der Waals surface area contributed by atoms with E-state index in [0.717, 1.165) is 0 Å². The Labute approximate surface area is 106 Å². The number of carbonyl (C=O) groups excluding carboxylic acids is 1. The highest BCUT2D eigenvalue weighted by Gasteiger charge is 2.17. The predicted octanol–water partition coefficient (Wildman–Crippen LogP) is 0.394. The maximum atomic E-state index is 11.9. The number of anilines is 1. The van der Waals surface area contributed by atoms with E-state index in [1.54, 1.807) is 29.1 Å². The minimum absolute atomic E-state index is 0.107.